The Morgan fingerprint density at radius 2 is 2.11 bits per heavy atom. The van der Waals surface area contributed by atoms with Crippen molar-refractivity contribution in [1.29, 1.82) is 0 Å². The topological polar surface area (TPSA) is 67.8 Å². The number of hydrogen-bond donors (Lipinski definition) is 2. The SMILES string of the molecule is Cc1ccc(/C(N)=N/O)cc1OCCC(F)(F)F. The molecule has 0 heterocycles. The molecule has 0 radical (unpaired) electrons. The van der Waals surface area contributed by atoms with Crippen LogP contribution in [0.15, 0.2) is 23.4 Å². The van der Waals surface area contributed by atoms with Crippen LogP contribution in [0.25, 0.3) is 0 Å². The van der Waals surface area contributed by atoms with Gasteiger partial charge in [-0.15, -0.1) is 0 Å². The summed E-state index contributed by atoms with van der Waals surface area (Å²) in [7, 11) is 0. The first-order chi connectivity index (χ1) is 8.33. The molecule has 4 nitrogen and oxygen atoms in total. The Labute approximate surface area is 102 Å². The third-order valence-electron chi connectivity index (χ3n) is 2.23. The van der Waals surface area contributed by atoms with Gasteiger partial charge in [0.15, 0.2) is 5.84 Å². The van der Waals surface area contributed by atoms with Crippen molar-refractivity contribution in [2.45, 2.75) is 19.5 Å². The molecular weight excluding hydrogens is 249 g/mol. The van der Waals surface area contributed by atoms with Gasteiger partial charge in [-0.3, -0.25) is 0 Å². The Hall–Kier alpha value is -1.92. The van der Waals surface area contributed by atoms with Crippen LogP contribution in [0, 0.1) is 6.92 Å². The second kappa shape index (κ2) is 5.61. The molecule has 0 atom stereocenters. The van der Waals surface area contributed by atoms with Gasteiger partial charge in [0, 0.05) is 5.56 Å². The zero-order valence-electron chi connectivity index (χ0n) is 9.66. The third-order valence-corrected chi connectivity index (χ3v) is 2.23. The maximum absolute atomic E-state index is 12.0. The lowest BCUT2D eigenvalue weighted by molar-refractivity contribution is -0.139. The first-order valence-corrected chi connectivity index (χ1v) is 5.11. The molecule has 100 valence electrons. The average Bonchev–Trinajstić information content (AvgIpc) is 2.29. The zero-order chi connectivity index (χ0) is 13.8. The van der Waals surface area contributed by atoms with Crippen LogP contribution in [0.1, 0.15) is 17.5 Å². The molecule has 1 aromatic carbocycles. The Bertz CT molecular complexity index is 444. The summed E-state index contributed by atoms with van der Waals surface area (Å²) in [4.78, 5) is 0. The van der Waals surface area contributed by atoms with Crippen molar-refractivity contribution in [3.63, 3.8) is 0 Å². The summed E-state index contributed by atoms with van der Waals surface area (Å²) in [5.41, 5.74) is 6.43. The van der Waals surface area contributed by atoms with E-state index in [0.717, 1.165) is 0 Å². The van der Waals surface area contributed by atoms with Crippen LogP contribution in [0.5, 0.6) is 5.75 Å². The first kappa shape index (κ1) is 14.1. The molecule has 0 amide bonds. The van der Waals surface area contributed by atoms with Gasteiger partial charge < -0.3 is 15.7 Å². The van der Waals surface area contributed by atoms with Crippen LogP contribution in [0.4, 0.5) is 13.2 Å². The normalized spacial score (nSPS) is 12.6. The lowest BCUT2D eigenvalue weighted by atomic mass is 10.1. The van der Waals surface area contributed by atoms with E-state index in [4.69, 9.17) is 15.7 Å². The highest BCUT2D eigenvalue weighted by Gasteiger charge is 2.26. The zero-order valence-corrected chi connectivity index (χ0v) is 9.66. The molecule has 0 saturated heterocycles. The molecule has 0 bridgehead atoms. The highest BCUT2D eigenvalue weighted by atomic mass is 19.4. The summed E-state index contributed by atoms with van der Waals surface area (Å²) in [6.45, 7) is 1.23. The summed E-state index contributed by atoms with van der Waals surface area (Å²) in [6.07, 6.45) is -5.28. The van der Waals surface area contributed by atoms with Gasteiger partial charge in [0.25, 0.3) is 0 Å². The Kier molecular flexibility index (Phi) is 4.41. The van der Waals surface area contributed by atoms with Crippen molar-refractivity contribution in [3.05, 3.63) is 29.3 Å². The number of amidine groups is 1. The van der Waals surface area contributed by atoms with E-state index in [1.807, 2.05) is 0 Å². The minimum Gasteiger partial charge on any atom is -0.493 e. The van der Waals surface area contributed by atoms with Crippen LogP contribution < -0.4 is 10.5 Å². The monoisotopic (exact) mass is 262 g/mol. The highest BCUT2D eigenvalue weighted by molar-refractivity contribution is 5.97. The average molecular weight is 262 g/mol. The summed E-state index contributed by atoms with van der Waals surface area (Å²) in [5, 5.41) is 11.3. The quantitative estimate of drug-likeness (QED) is 0.379. The predicted molar refractivity (Wildman–Crippen MR) is 59.9 cm³/mol. The highest BCUT2D eigenvalue weighted by Crippen LogP contribution is 2.23. The molecule has 0 saturated carbocycles. The largest absolute Gasteiger partial charge is 0.493 e. The molecular formula is C11H13F3N2O2. The van der Waals surface area contributed by atoms with Crippen LogP contribution in [-0.4, -0.2) is 23.8 Å². The van der Waals surface area contributed by atoms with E-state index >= 15 is 0 Å². The molecule has 7 heteroatoms. The van der Waals surface area contributed by atoms with Crippen molar-refractivity contribution in [1.82, 2.24) is 0 Å². The van der Waals surface area contributed by atoms with Gasteiger partial charge in [-0.2, -0.15) is 13.2 Å². The molecule has 0 fully saturated rings. The van der Waals surface area contributed by atoms with E-state index in [2.05, 4.69) is 5.16 Å². The molecule has 0 aromatic heterocycles. The molecule has 1 rings (SSSR count). The summed E-state index contributed by atoms with van der Waals surface area (Å²) in [5.74, 6) is 0.152. The van der Waals surface area contributed by atoms with Crippen LogP contribution in [0.2, 0.25) is 0 Å². The lowest BCUT2D eigenvalue weighted by Gasteiger charge is -2.11. The molecule has 1 aromatic rings. The summed E-state index contributed by atoms with van der Waals surface area (Å²) in [6, 6.07) is 4.64. The molecule has 0 spiro atoms. The van der Waals surface area contributed by atoms with Crippen molar-refractivity contribution in [2.75, 3.05) is 6.61 Å². The number of nitrogens with two attached hydrogens (primary N) is 1. The number of ether oxygens (including phenoxy) is 1. The fourth-order valence-corrected chi connectivity index (χ4v) is 1.25. The van der Waals surface area contributed by atoms with Crippen molar-refractivity contribution in [2.24, 2.45) is 10.9 Å². The Morgan fingerprint density at radius 3 is 2.67 bits per heavy atom. The second-order valence-corrected chi connectivity index (χ2v) is 3.68. The fraction of sp³-hybridized carbons (Fsp3) is 0.364. The third kappa shape index (κ3) is 4.15. The van der Waals surface area contributed by atoms with Gasteiger partial charge in [-0.25, -0.2) is 0 Å². The molecule has 0 aliphatic carbocycles. The van der Waals surface area contributed by atoms with Crippen molar-refractivity contribution < 1.29 is 23.1 Å². The number of rotatable bonds is 4. The summed E-state index contributed by atoms with van der Waals surface area (Å²) < 4.78 is 40.9. The molecule has 18 heavy (non-hydrogen) atoms. The number of alkyl halides is 3. The van der Waals surface area contributed by atoms with E-state index in [1.54, 1.807) is 19.1 Å². The van der Waals surface area contributed by atoms with Crippen LogP contribution in [-0.2, 0) is 0 Å². The van der Waals surface area contributed by atoms with Crippen molar-refractivity contribution >= 4 is 5.84 Å². The molecule has 0 aliphatic heterocycles. The van der Waals surface area contributed by atoms with Crippen LogP contribution in [0.3, 0.4) is 0 Å². The number of halogens is 3. The van der Waals surface area contributed by atoms with E-state index in [9.17, 15) is 13.2 Å². The van der Waals surface area contributed by atoms with Gasteiger partial charge in [0.1, 0.15) is 5.75 Å². The number of hydrogen-bond acceptors (Lipinski definition) is 3. The number of nitrogens with zero attached hydrogens (tertiary/aromatic N) is 1. The van der Waals surface area contributed by atoms with E-state index in [-0.39, 0.29) is 11.6 Å². The van der Waals surface area contributed by atoms with Gasteiger partial charge in [-0.05, 0) is 18.6 Å². The molecule has 0 unspecified atom stereocenters. The second-order valence-electron chi connectivity index (χ2n) is 3.68. The smallest absolute Gasteiger partial charge is 0.392 e. The van der Waals surface area contributed by atoms with E-state index in [0.29, 0.717) is 11.1 Å². The number of aryl methyl sites for hydroxylation is 1. The predicted octanol–water partition coefficient (Wildman–Crippen LogP) is 2.42. The van der Waals surface area contributed by atoms with E-state index in [1.165, 1.54) is 6.07 Å². The maximum Gasteiger partial charge on any atom is 0.392 e. The minimum atomic E-state index is -4.25. The number of benzene rings is 1. The molecule has 0 aliphatic rings. The van der Waals surface area contributed by atoms with Gasteiger partial charge in [0.2, 0.25) is 0 Å². The maximum atomic E-state index is 12.0. The summed E-state index contributed by atoms with van der Waals surface area (Å²) >= 11 is 0. The van der Waals surface area contributed by atoms with Crippen molar-refractivity contribution in [3.8, 4) is 5.75 Å². The Morgan fingerprint density at radius 1 is 1.44 bits per heavy atom. The van der Waals surface area contributed by atoms with Crippen LogP contribution >= 0.6 is 0 Å². The first-order valence-electron chi connectivity index (χ1n) is 5.11. The number of oxime groups is 1. The van der Waals surface area contributed by atoms with Gasteiger partial charge in [-0.1, -0.05) is 17.3 Å². The molecule has 3 N–H and O–H groups in total. The van der Waals surface area contributed by atoms with E-state index < -0.39 is 19.2 Å². The fourth-order valence-electron chi connectivity index (χ4n) is 1.25. The van der Waals surface area contributed by atoms with Gasteiger partial charge in [0.05, 0.1) is 13.0 Å². The Balaban J connectivity index is 2.76. The van der Waals surface area contributed by atoms with Gasteiger partial charge >= 0.3 is 6.18 Å². The standard InChI is InChI=1S/C11H13F3N2O2/c1-7-2-3-8(10(15)16-17)6-9(7)18-5-4-11(12,13)14/h2-3,6,17H,4-5H2,1H3,(H2,15,16). The minimum absolute atomic E-state index is 0.129. The lowest BCUT2D eigenvalue weighted by Crippen LogP contribution is -2.15.